The van der Waals surface area contributed by atoms with Crippen LogP contribution in [-0.2, 0) is 4.79 Å². The van der Waals surface area contributed by atoms with Crippen molar-refractivity contribution in [3.05, 3.63) is 51.7 Å². The maximum absolute atomic E-state index is 12.5. The van der Waals surface area contributed by atoms with Crippen molar-refractivity contribution < 1.29 is 9.21 Å². The number of amides is 1. The molecule has 2 aliphatic rings. The Labute approximate surface area is 181 Å². The van der Waals surface area contributed by atoms with Gasteiger partial charge < -0.3 is 4.42 Å². The highest BCUT2D eigenvalue weighted by atomic mass is 35.5. The van der Waals surface area contributed by atoms with Gasteiger partial charge in [-0.1, -0.05) is 36.5 Å². The molecule has 3 heterocycles. The predicted molar refractivity (Wildman–Crippen MR) is 119 cm³/mol. The lowest BCUT2D eigenvalue weighted by Crippen LogP contribution is -2.35. The number of benzene rings is 1. The summed E-state index contributed by atoms with van der Waals surface area (Å²) in [5.41, 5.74) is 0.810. The van der Waals surface area contributed by atoms with Crippen molar-refractivity contribution in [3.63, 3.8) is 0 Å². The van der Waals surface area contributed by atoms with Gasteiger partial charge in [0.05, 0.1) is 10.6 Å². The van der Waals surface area contributed by atoms with Gasteiger partial charge in [0.1, 0.15) is 16.6 Å². The van der Waals surface area contributed by atoms with Crippen LogP contribution in [0.1, 0.15) is 31.9 Å². The van der Waals surface area contributed by atoms with E-state index in [4.69, 9.17) is 33.0 Å². The smallest absolute Gasteiger partial charge is 0.283 e. The number of hydrogen-bond acceptors (Lipinski definition) is 5. The van der Waals surface area contributed by atoms with Gasteiger partial charge in [0.25, 0.3) is 5.91 Å². The van der Waals surface area contributed by atoms with Gasteiger partial charge in [-0.05, 0) is 61.0 Å². The minimum atomic E-state index is -0.483. The number of furan rings is 1. The Kier molecular flexibility index (Phi) is 5.63. The topological polar surface area (TPSA) is 82.0 Å². The van der Waals surface area contributed by atoms with E-state index in [1.807, 2.05) is 0 Å². The number of carbonyl (C=O) groups is 1. The van der Waals surface area contributed by atoms with Crippen LogP contribution in [0.15, 0.2) is 50.4 Å². The first-order valence-electron chi connectivity index (χ1n) is 9.00. The molecule has 1 aromatic heterocycles. The van der Waals surface area contributed by atoms with Gasteiger partial charge in [-0.2, -0.15) is 15.1 Å². The normalized spacial score (nSPS) is 17.6. The average Bonchev–Trinajstić information content (AvgIpc) is 3.30. The number of rotatable bonds is 5. The molecule has 2 aromatic rings. The maximum Gasteiger partial charge on any atom is 0.283 e. The lowest BCUT2D eigenvalue weighted by Gasteiger charge is -2.19. The van der Waals surface area contributed by atoms with Crippen LogP contribution in [0.4, 0.5) is 0 Å². The summed E-state index contributed by atoms with van der Waals surface area (Å²) in [6.45, 7) is 2.10. The van der Waals surface area contributed by atoms with E-state index in [-0.39, 0.29) is 11.4 Å². The standard InChI is InChI=1S/C20H16Cl2N4O2S/c1-2-3-4-17-25-26-18(23)14(19(27)24-20(26)29-17)10-12-6-8-16(28-12)13-7-5-11(21)9-15(13)22/h5-10,23H,2-4H2,1H3/b14-10-,23-18?. The minimum Gasteiger partial charge on any atom is -0.457 e. The third-order valence-corrected chi connectivity index (χ3v) is 5.87. The molecule has 9 heteroatoms. The fourth-order valence-corrected chi connectivity index (χ4v) is 4.30. The van der Waals surface area contributed by atoms with Crippen LogP contribution in [0.5, 0.6) is 0 Å². The van der Waals surface area contributed by atoms with E-state index in [0.717, 1.165) is 24.3 Å². The van der Waals surface area contributed by atoms with E-state index in [2.05, 4.69) is 17.0 Å². The lowest BCUT2D eigenvalue weighted by molar-refractivity contribution is -0.114. The zero-order valence-corrected chi connectivity index (χ0v) is 17.7. The van der Waals surface area contributed by atoms with E-state index >= 15 is 0 Å². The van der Waals surface area contributed by atoms with Crippen molar-refractivity contribution in [2.75, 3.05) is 0 Å². The van der Waals surface area contributed by atoms with Crippen molar-refractivity contribution in [3.8, 4) is 11.3 Å². The zero-order chi connectivity index (χ0) is 20.5. The van der Waals surface area contributed by atoms with E-state index < -0.39 is 5.91 Å². The van der Waals surface area contributed by atoms with Gasteiger partial charge in [-0.15, -0.1) is 0 Å². The summed E-state index contributed by atoms with van der Waals surface area (Å²) >= 11 is 13.5. The fraction of sp³-hybridized carbons (Fsp3) is 0.200. The Bertz CT molecular complexity index is 1100. The third kappa shape index (κ3) is 4.03. The van der Waals surface area contributed by atoms with E-state index in [1.54, 1.807) is 30.3 Å². The second kappa shape index (κ2) is 8.18. The Morgan fingerprint density at radius 1 is 1.28 bits per heavy atom. The van der Waals surface area contributed by atoms with E-state index in [1.165, 1.54) is 22.8 Å². The number of halogens is 2. The number of nitrogens with one attached hydrogen (secondary N) is 1. The Hall–Kier alpha value is -2.35. The molecular weight excluding hydrogens is 431 g/mol. The minimum absolute atomic E-state index is 0.0125. The monoisotopic (exact) mass is 446 g/mol. The summed E-state index contributed by atoms with van der Waals surface area (Å²) in [4.78, 5) is 16.6. The molecule has 2 aliphatic heterocycles. The zero-order valence-electron chi connectivity index (χ0n) is 15.4. The Balaban J connectivity index is 1.61. The molecule has 29 heavy (non-hydrogen) atoms. The molecule has 0 aliphatic carbocycles. The van der Waals surface area contributed by atoms with Gasteiger partial charge in [0.2, 0.25) is 5.17 Å². The maximum atomic E-state index is 12.5. The molecule has 1 amide bonds. The molecule has 0 saturated carbocycles. The number of thioether (sulfide) groups is 1. The second-order valence-corrected chi connectivity index (χ2v) is 8.33. The highest BCUT2D eigenvalue weighted by molar-refractivity contribution is 8.26. The molecule has 1 N–H and O–H groups in total. The molecule has 0 spiro atoms. The van der Waals surface area contributed by atoms with Crippen LogP contribution in [0.25, 0.3) is 17.4 Å². The summed E-state index contributed by atoms with van der Waals surface area (Å²) in [6.07, 6.45) is 4.36. The quantitative estimate of drug-likeness (QED) is 0.565. The Morgan fingerprint density at radius 3 is 2.86 bits per heavy atom. The van der Waals surface area contributed by atoms with Gasteiger partial charge in [0.15, 0.2) is 5.84 Å². The van der Waals surface area contributed by atoms with Gasteiger partial charge >= 0.3 is 0 Å². The molecule has 0 unspecified atom stereocenters. The first-order chi connectivity index (χ1) is 14.0. The summed E-state index contributed by atoms with van der Waals surface area (Å²) in [5, 5.41) is 16.5. The van der Waals surface area contributed by atoms with E-state index in [9.17, 15) is 4.79 Å². The summed E-state index contributed by atoms with van der Waals surface area (Å²) in [6, 6.07) is 8.58. The van der Waals surface area contributed by atoms with Crippen molar-refractivity contribution in [2.24, 2.45) is 10.1 Å². The summed E-state index contributed by atoms with van der Waals surface area (Å²) in [5.74, 6) is 0.457. The SMILES string of the molecule is CCCCC1=NN2C(=N)/C(=C/c3ccc(-c4ccc(Cl)cc4Cl)o3)C(=O)N=C2S1. The first kappa shape index (κ1) is 19.9. The number of amidine groups is 2. The highest BCUT2D eigenvalue weighted by Gasteiger charge is 2.35. The molecule has 0 radical (unpaired) electrons. The third-order valence-electron chi connectivity index (χ3n) is 4.35. The molecule has 4 rings (SSSR count). The number of hydrazone groups is 1. The Morgan fingerprint density at radius 2 is 2.10 bits per heavy atom. The van der Waals surface area contributed by atoms with Gasteiger partial charge in [0, 0.05) is 10.6 Å². The summed E-state index contributed by atoms with van der Waals surface area (Å²) in [7, 11) is 0. The van der Waals surface area contributed by atoms with Crippen LogP contribution < -0.4 is 0 Å². The number of nitrogens with zero attached hydrogens (tertiary/aromatic N) is 3. The number of unbranched alkanes of at least 4 members (excludes halogenated alkanes) is 1. The number of carbonyl (C=O) groups excluding carboxylic acids is 1. The molecule has 0 bridgehead atoms. The van der Waals surface area contributed by atoms with Crippen molar-refractivity contribution >= 4 is 63.0 Å². The predicted octanol–water partition coefficient (Wildman–Crippen LogP) is 6.06. The van der Waals surface area contributed by atoms with Crippen molar-refractivity contribution in [1.82, 2.24) is 5.01 Å². The van der Waals surface area contributed by atoms with Gasteiger partial charge in [-0.25, -0.2) is 0 Å². The fourth-order valence-electron chi connectivity index (χ4n) is 2.87. The summed E-state index contributed by atoms with van der Waals surface area (Å²) < 4.78 is 5.81. The largest absolute Gasteiger partial charge is 0.457 e. The molecule has 0 saturated heterocycles. The van der Waals surface area contributed by atoms with Crippen LogP contribution >= 0.6 is 35.0 Å². The number of fused-ring (bicyclic) bond motifs is 1. The van der Waals surface area contributed by atoms with E-state index in [0.29, 0.717) is 32.3 Å². The van der Waals surface area contributed by atoms with Crippen molar-refractivity contribution in [1.29, 1.82) is 5.41 Å². The van der Waals surface area contributed by atoms with Gasteiger partial charge in [-0.3, -0.25) is 10.2 Å². The highest BCUT2D eigenvalue weighted by Crippen LogP contribution is 2.33. The number of aliphatic imine (C=N–C) groups is 1. The molecule has 0 atom stereocenters. The molecule has 148 valence electrons. The van der Waals surface area contributed by atoms with Crippen molar-refractivity contribution in [2.45, 2.75) is 26.2 Å². The molecule has 0 fully saturated rings. The molecular formula is C20H16Cl2N4O2S. The van der Waals surface area contributed by atoms with Crippen LogP contribution in [0.2, 0.25) is 10.0 Å². The second-order valence-electron chi connectivity index (χ2n) is 6.44. The van der Waals surface area contributed by atoms with Crippen LogP contribution in [0, 0.1) is 5.41 Å². The molecule has 6 nitrogen and oxygen atoms in total. The number of hydrogen-bond donors (Lipinski definition) is 1. The van der Waals surface area contributed by atoms with Crippen LogP contribution in [0.3, 0.4) is 0 Å². The molecule has 1 aromatic carbocycles. The first-order valence-corrected chi connectivity index (χ1v) is 10.6. The van der Waals surface area contributed by atoms with Crippen LogP contribution in [-0.4, -0.2) is 27.0 Å². The average molecular weight is 447 g/mol. The lowest BCUT2D eigenvalue weighted by atomic mass is 10.1.